The smallest absolute Gasteiger partial charge is 0.228 e. The number of aromatic amines is 1. The zero-order chi connectivity index (χ0) is 16.4. The maximum Gasteiger partial charge on any atom is 0.228 e. The van der Waals surface area contributed by atoms with Crippen molar-refractivity contribution >= 4 is 5.95 Å². The SMILES string of the molecule is CC1=CCCN(c2nnc(-c3ncc[nH]3)n2Cc2ccccc2)C1. The third-order valence-electron chi connectivity index (χ3n) is 4.24. The first-order chi connectivity index (χ1) is 11.8. The molecule has 2 aromatic heterocycles. The van der Waals surface area contributed by atoms with Gasteiger partial charge in [-0.3, -0.25) is 4.57 Å². The molecule has 0 bridgehead atoms. The van der Waals surface area contributed by atoms with Crippen molar-refractivity contribution in [3.05, 3.63) is 59.9 Å². The van der Waals surface area contributed by atoms with Gasteiger partial charge in [0.25, 0.3) is 0 Å². The standard InChI is InChI=1S/C18H20N6/c1-14-6-5-11-23(12-14)18-22-21-17(16-19-9-10-20-16)24(18)13-15-7-3-2-4-8-15/h2-4,6-10H,5,11-13H2,1H3,(H,19,20). The van der Waals surface area contributed by atoms with E-state index in [1.807, 2.05) is 12.3 Å². The lowest BCUT2D eigenvalue weighted by Crippen LogP contribution is -2.32. The van der Waals surface area contributed by atoms with Gasteiger partial charge in [-0.05, 0) is 18.9 Å². The average molecular weight is 320 g/mol. The molecule has 0 saturated heterocycles. The summed E-state index contributed by atoms with van der Waals surface area (Å²) in [5, 5.41) is 8.89. The molecule has 1 aromatic carbocycles. The number of H-pyrrole nitrogens is 1. The Hall–Kier alpha value is -2.89. The van der Waals surface area contributed by atoms with E-state index < -0.39 is 0 Å². The lowest BCUT2D eigenvalue weighted by molar-refractivity contribution is 0.708. The summed E-state index contributed by atoms with van der Waals surface area (Å²) in [6.45, 7) is 4.74. The van der Waals surface area contributed by atoms with Crippen LogP contribution in [-0.2, 0) is 6.54 Å². The van der Waals surface area contributed by atoms with Crippen molar-refractivity contribution in [2.75, 3.05) is 18.0 Å². The fourth-order valence-electron chi connectivity index (χ4n) is 3.09. The van der Waals surface area contributed by atoms with Crippen LogP contribution in [0.4, 0.5) is 5.95 Å². The molecular weight excluding hydrogens is 300 g/mol. The van der Waals surface area contributed by atoms with Crippen LogP contribution in [0.5, 0.6) is 0 Å². The summed E-state index contributed by atoms with van der Waals surface area (Å²) >= 11 is 0. The van der Waals surface area contributed by atoms with E-state index in [1.165, 1.54) is 11.1 Å². The lowest BCUT2D eigenvalue weighted by atomic mass is 10.1. The fourth-order valence-corrected chi connectivity index (χ4v) is 3.09. The van der Waals surface area contributed by atoms with Crippen molar-refractivity contribution in [3.63, 3.8) is 0 Å². The zero-order valence-electron chi connectivity index (χ0n) is 13.7. The summed E-state index contributed by atoms with van der Waals surface area (Å²) in [7, 11) is 0. The van der Waals surface area contributed by atoms with Crippen LogP contribution < -0.4 is 4.90 Å². The van der Waals surface area contributed by atoms with Gasteiger partial charge in [0.05, 0.1) is 6.54 Å². The largest absolute Gasteiger partial charge is 0.342 e. The summed E-state index contributed by atoms with van der Waals surface area (Å²) in [5.74, 6) is 2.41. The third kappa shape index (κ3) is 2.82. The summed E-state index contributed by atoms with van der Waals surface area (Å²) in [4.78, 5) is 9.78. The summed E-state index contributed by atoms with van der Waals surface area (Å²) < 4.78 is 2.15. The Morgan fingerprint density at radius 3 is 2.79 bits per heavy atom. The van der Waals surface area contributed by atoms with Gasteiger partial charge in [-0.2, -0.15) is 0 Å². The van der Waals surface area contributed by atoms with Crippen LogP contribution in [-0.4, -0.2) is 37.8 Å². The molecule has 1 N–H and O–H groups in total. The van der Waals surface area contributed by atoms with Gasteiger partial charge >= 0.3 is 0 Å². The predicted octanol–water partition coefficient (Wildman–Crippen LogP) is 2.87. The Morgan fingerprint density at radius 1 is 1.17 bits per heavy atom. The Kier molecular flexibility index (Phi) is 3.86. The van der Waals surface area contributed by atoms with Gasteiger partial charge in [0.15, 0.2) is 5.82 Å². The van der Waals surface area contributed by atoms with Crippen molar-refractivity contribution < 1.29 is 0 Å². The molecule has 0 fully saturated rings. The molecule has 1 aliphatic rings. The van der Waals surface area contributed by atoms with Crippen molar-refractivity contribution in [2.24, 2.45) is 0 Å². The fraction of sp³-hybridized carbons (Fsp3) is 0.278. The average Bonchev–Trinajstić information content (AvgIpc) is 3.25. The second-order valence-corrected chi connectivity index (χ2v) is 6.09. The molecule has 0 aliphatic carbocycles. The monoisotopic (exact) mass is 320 g/mol. The molecule has 3 heterocycles. The summed E-state index contributed by atoms with van der Waals surface area (Å²) in [6.07, 6.45) is 6.89. The number of anilines is 1. The molecule has 24 heavy (non-hydrogen) atoms. The molecule has 0 spiro atoms. The predicted molar refractivity (Wildman–Crippen MR) is 93.7 cm³/mol. The highest BCUT2D eigenvalue weighted by Crippen LogP contribution is 2.24. The maximum absolute atomic E-state index is 4.48. The van der Waals surface area contributed by atoms with Crippen LogP contribution >= 0.6 is 0 Å². The minimum absolute atomic E-state index is 0.721. The Balaban J connectivity index is 1.75. The van der Waals surface area contributed by atoms with Crippen LogP contribution in [0.15, 0.2) is 54.4 Å². The van der Waals surface area contributed by atoms with E-state index in [0.717, 1.165) is 43.7 Å². The van der Waals surface area contributed by atoms with Gasteiger partial charge in [0.1, 0.15) is 0 Å². The van der Waals surface area contributed by atoms with Crippen LogP contribution in [0.3, 0.4) is 0 Å². The topological polar surface area (TPSA) is 62.6 Å². The summed E-state index contributed by atoms with van der Waals surface area (Å²) in [5.41, 5.74) is 2.59. The Morgan fingerprint density at radius 2 is 2.04 bits per heavy atom. The van der Waals surface area contributed by atoms with E-state index in [2.05, 4.69) is 66.9 Å². The molecule has 6 heteroatoms. The van der Waals surface area contributed by atoms with Crippen LogP contribution in [0.25, 0.3) is 11.6 Å². The maximum atomic E-state index is 4.48. The van der Waals surface area contributed by atoms with Gasteiger partial charge in [-0.25, -0.2) is 4.98 Å². The number of rotatable bonds is 4. The van der Waals surface area contributed by atoms with E-state index in [0.29, 0.717) is 0 Å². The molecule has 0 amide bonds. The van der Waals surface area contributed by atoms with Gasteiger partial charge in [0.2, 0.25) is 11.8 Å². The number of imidazole rings is 1. The highest BCUT2D eigenvalue weighted by molar-refractivity contribution is 5.50. The van der Waals surface area contributed by atoms with E-state index in [1.54, 1.807) is 6.20 Å². The van der Waals surface area contributed by atoms with Gasteiger partial charge < -0.3 is 9.88 Å². The minimum atomic E-state index is 0.721. The van der Waals surface area contributed by atoms with E-state index in [9.17, 15) is 0 Å². The molecule has 0 saturated carbocycles. The molecule has 6 nitrogen and oxygen atoms in total. The van der Waals surface area contributed by atoms with Crippen molar-refractivity contribution in [3.8, 4) is 11.6 Å². The number of hydrogen-bond donors (Lipinski definition) is 1. The highest BCUT2D eigenvalue weighted by Gasteiger charge is 2.22. The second-order valence-electron chi connectivity index (χ2n) is 6.09. The van der Waals surface area contributed by atoms with Gasteiger partial charge in [0, 0.05) is 25.5 Å². The molecule has 0 unspecified atom stereocenters. The lowest BCUT2D eigenvalue weighted by Gasteiger charge is -2.27. The first-order valence-electron chi connectivity index (χ1n) is 8.19. The summed E-state index contributed by atoms with van der Waals surface area (Å²) in [6, 6.07) is 10.4. The first-order valence-corrected chi connectivity index (χ1v) is 8.19. The van der Waals surface area contributed by atoms with Gasteiger partial charge in [-0.1, -0.05) is 42.0 Å². The Labute approximate surface area is 140 Å². The van der Waals surface area contributed by atoms with E-state index >= 15 is 0 Å². The normalized spacial score (nSPS) is 14.7. The quantitative estimate of drug-likeness (QED) is 0.751. The van der Waals surface area contributed by atoms with E-state index in [4.69, 9.17) is 0 Å². The Bertz CT molecular complexity index is 832. The molecule has 1 aliphatic heterocycles. The van der Waals surface area contributed by atoms with Crippen LogP contribution in [0, 0.1) is 0 Å². The minimum Gasteiger partial charge on any atom is -0.342 e. The number of hydrogen-bond acceptors (Lipinski definition) is 4. The van der Waals surface area contributed by atoms with Crippen LogP contribution in [0.1, 0.15) is 18.9 Å². The molecule has 0 radical (unpaired) electrons. The van der Waals surface area contributed by atoms with Crippen molar-refractivity contribution in [2.45, 2.75) is 19.9 Å². The highest BCUT2D eigenvalue weighted by atomic mass is 15.4. The molecule has 4 rings (SSSR count). The number of nitrogens with zero attached hydrogens (tertiary/aromatic N) is 5. The molecular formula is C18H20N6. The number of aromatic nitrogens is 5. The number of benzene rings is 1. The van der Waals surface area contributed by atoms with E-state index in [-0.39, 0.29) is 0 Å². The second kappa shape index (κ2) is 6.31. The third-order valence-corrected chi connectivity index (χ3v) is 4.24. The van der Waals surface area contributed by atoms with Crippen LogP contribution in [0.2, 0.25) is 0 Å². The van der Waals surface area contributed by atoms with Gasteiger partial charge in [-0.15, -0.1) is 10.2 Å². The molecule has 3 aromatic rings. The zero-order valence-corrected chi connectivity index (χ0v) is 13.7. The molecule has 122 valence electrons. The van der Waals surface area contributed by atoms with Crippen molar-refractivity contribution in [1.82, 2.24) is 24.7 Å². The van der Waals surface area contributed by atoms with Crippen molar-refractivity contribution in [1.29, 1.82) is 0 Å². The number of nitrogens with one attached hydrogen (secondary N) is 1. The molecule has 0 atom stereocenters. The first kappa shape index (κ1) is 14.7.